The van der Waals surface area contributed by atoms with E-state index < -0.39 is 18.0 Å². The second-order valence-corrected chi connectivity index (χ2v) is 3.93. The van der Waals surface area contributed by atoms with Crippen molar-refractivity contribution < 1.29 is 14.7 Å². The fraction of sp³-hybridized carbons (Fsp3) is 0.214. The van der Waals surface area contributed by atoms with Gasteiger partial charge in [-0.2, -0.15) is 5.26 Å². The molecule has 1 aromatic rings. The quantitative estimate of drug-likeness (QED) is 0.703. The SMILES string of the molecule is C#CCC(NC(=O)Nc1ccc(CC#N)cc1)C(=O)O. The van der Waals surface area contributed by atoms with Crippen LogP contribution in [0.15, 0.2) is 24.3 Å². The molecular weight excluding hydrogens is 258 g/mol. The van der Waals surface area contributed by atoms with Gasteiger partial charge in [0, 0.05) is 12.1 Å². The normalized spacial score (nSPS) is 10.7. The van der Waals surface area contributed by atoms with Crippen LogP contribution in [0.4, 0.5) is 10.5 Å². The Kier molecular flexibility index (Phi) is 5.61. The molecule has 1 atom stereocenters. The Morgan fingerprint density at radius 3 is 2.50 bits per heavy atom. The lowest BCUT2D eigenvalue weighted by Gasteiger charge is -2.12. The zero-order valence-corrected chi connectivity index (χ0v) is 10.6. The Morgan fingerprint density at radius 1 is 1.35 bits per heavy atom. The number of aliphatic carboxylic acids is 1. The number of hydrogen-bond acceptors (Lipinski definition) is 3. The molecular formula is C14H13N3O3. The van der Waals surface area contributed by atoms with Gasteiger partial charge in [-0.25, -0.2) is 9.59 Å². The van der Waals surface area contributed by atoms with E-state index in [4.69, 9.17) is 16.8 Å². The fourth-order valence-electron chi connectivity index (χ4n) is 1.44. The number of rotatable bonds is 5. The predicted molar refractivity (Wildman–Crippen MR) is 72.8 cm³/mol. The van der Waals surface area contributed by atoms with Crippen molar-refractivity contribution in [3.8, 4) is 18.4 Å². The molecule has 1 rings (SSSR count). The van der Waals surface area contributed by atoms with Gasteiger partial charge in [0.05, 0.1) is 12.5 Å². The Morgan fingerprint density at radius 2 is 2.00 bits per heavy atom. The average molecular weight is 271 g/mol. The van der Waals surface area contributed by atoms with E-state index in [9.17, 15) is 9.59 Å². The summed E-state index contributed by atoms with van der Waals surface area (Å²) in [6.07, 6.45) is 5.22. The molecule has 0 fully saturated rings. The second kappa shape index (κ2) is 7.45. The van der Waals surface area contributed by atoms with Crippen LogP contribution in [0.25, 0.3) is 0 Å². The Balaban J connectivity index is 2.60. The van der Waals surface area contributed by atoms with Crippen LogP contribution < -0.4 is 10.6 Å². The van der Waals surface area contributed by atoms with Gasteiger partial charge in [-0.1, -0.05) is 12.1 Å². The van der Waals surface area contributed by atoms with Gasteiger partial charge in [-0.15, -0.1) is 12.3 Å². The van der Waals surface area contributed by atoms with Crippen LogP contribution in [0, 0.1) is 23.7 Å². The molecule has 0 radical (unpaired) electrons. The monoisotopic (exact) mass is 271 g/mol. The number of amides is 2. The van der Waals surface area contributed by atoms with E-state index in [0.29, 0.717) is 5.69 Å². The smallest absolute Gasteiger partial charge is 0.327 e. The molecule has 1 unspecified atom stereocenters. The number of nitriles is 1. The standard InChI is InChI=1S/C14H13N3O3/c1-2-3-12(13(18)19)17-14(20)16-11-6-4-10(5-7-11)8-9-15/h1,4-7,12H,3,8H2,(H,18,19)(H2,16,17,20). The number of anilines is 1. The number of nitrogens with one attached hydrogen (secondary N) is 2. The third kappa shape index (κ3) is 4.71. The highest BCUT2D eigenvalue weighted by Crippen LogP contribution is 2.09. The molecule has 6 nitrogen and oxygen atoms in total. The van der Waals surface area contributed by atoms with Gasteiger partial charge in [0.1, 0.15) is 6.04 Å². The zero-order valence-electron chi connectivity index (χ0n) is 10.6. The van der Waals surface area contributed by atoms with Gasteiger partial charge in [-0.05, 0) is 17.7 Å². The lowest BCUT2D eigenvalue weighted by atomic mass is 10.1. The minimum Gasteiger partial charge on any atom is -0.480 e. The number of terminal acetylenes is 1. The number of carbonyl (C=O) groups is 2. The third-order valence-corrected chi connectivity index (χ3v) is 2.42. The van der Waals surface area contributed by atoms with Gasteiger partial charge in [0.2, 0.25) is 0 Å². The molecule has 3 N–H and O–H groups in total. The number of benzene rings is 1. The van der Waals surface area contributed by atoms with Crippen LogP contribution in [0.5, 0.6) is 0 Å². The number of hydrogen-bond donors (Lipinski definition) is 3. The van der Waals surface area contributed by atoms with Gasteiger partial charge in [0.25, 0.3) is 0 Å². The van der Waals surface area contributed by atoms with E-state index in [1.807, 2.05) is 6.07 Å². The topological polar surface area (TPSA) is 102 Å². The summed E-state index contributed by atoms with van der Waals surface area (Å²) in [4.78, 5) is 22.4. The maximum atomic E-state index is 11.6. The van der Waals surface area contributed by atoms with Crippen molar-refractivity contribution in [1.82, 2.24) is 5.32 Å². The summed E-state index contributed by atoms with van der Waals surface area (Å²) in [5.41, 5.74) is 1.32. The van der Waals surface area contributed by atoms with E-state index in [1.54, 1.807) is 24.3 Å². The lowest BCUT2D eigenvalue weighted by Crippen LogP contribution is -2.42. The van der Waals surface area contributed by atoms with E-state index >= 15 is 0 Å². The molecule has 6 heteroatoms. The molecule has 0 aliphatic rings. The summed E-state index contributed by atoms with van der Waals surface area (Å²) in [7, 11) is 0. The zero-order chi connectivity index (χ0) is 15.0. The minimum absolute atomic E-state index is 0.0934. The van der Waals surface area contributed by atoms with Gasteiger partial charge in [0.15, 0.2) is 0 Å². The Hall–Kier alpha value is -2.99. The van der Waals surface area contributed by atoms with Gasteiger partial charge >= 0.3 is 12.0 Å². The lowest BCUT2D eigenvalue weighted by molar-refractivity contribution is -0.139. The maximum absolute atomic E-state index is 11.6. The third-order valence-electron chi connectivity index (χ3n) is 2.42. The number of carboxylic acid groups (broad SMARTS) is 1. The molecule has 0 aromatic heterocycles. The maximum Gasteiger partial charge on any atom is 0.327 e. The van der Waals surface area contributed by atoms with Crippen LogP contribution in [0.2, 0.25) is 0 Å². The molecule has 0 spiro atoms. The summed E-state index contributed by atoms with van der Waals surface area (Å²) in [5.74, 6) is 0.994. The van der Waals surface area contributed by atoms with Crippen LogP contribution in [-0.2, 0) is 11.2 Å². The van der Waals surface area contributed by atoms with E-state index in [1.165, 1.54) is 0 Å². The van der Waals surface area contributed by atoms with Crippen molar-refractivity contribution >= 4 is 17.7 Å². The molecule has 102 valence electrons. The van der Waals surface area contributed by atoms with Gasteiger partial charge < -0.3 is 15.7 Å². The molecule has 0 heterocycles. The summed E-state index contributed by atoms with van der Waals surface area (Å²) >= 11 is 0. The summed E-state index contributed by atoms with van der Waals surface area (Å²) in [5, 5.41) is 22.1. The highest BCUT2D eigenvalue weighted by atomic mass is 16.4. The first-order valence-electron chi connectivity index (χ1n) is 5.76. The van der Waals surface area contributed by atoms with Crippen molar-refractivity contribution in [2.24, 2.45) is 0 Å². The summed E-state index contributed by atoms with van der Waals surface area (Å²) in [6.45, 7) is 0. The number of carboxylic acids is 1. The van der Waals surface area contributed by atoms with Crippen LogP contribution in [-0.4, -0.2) is 23.1 Å². The fourth-order valence-corrected chi connectivity index (χ4v) is 1.44. The number of carbonyl (C=O) groups excluding carboxylic acids is 1. The Labute approximate surface area is 116 Å². The number of urea groups is 1. The molecule has 0 saturated heterocycles. The molecule has 1 aromatic carbocycles. The first-order valence-corrected chi connectivity index (χ1v) is 5.76. The minimum atomic E-state index is -1.19. The van der Waals surface area contributed by atoms with Crippen molar-refractivity contribution in [1.29, 1.82) is 5.26 Å². The van der Waals surface area contributed by atoms with E-state index in [0.717, 1.165) is 5.56 Å². The Bertz CT molecular complexity index is 567. The van der Waals surface area contributed by atoms with Crippen molar-refractivity contribution in [2.75, 3.05) is 5.32 Å². The van der Waals surface area contributed by atoms with E-state index in [2.05, 4.69) is 16.6 Å². The van der Waals surface area contributed by atoms with Gasteiger partial charge in [-0.3, -0.25) is 0 Å². The highest BCUT2D eigenvalue weighted by Gasteiger charge is 2.18. The van der Waals surface area contributed by atoms with Crippen LogP contribution in [0.1, 0.15) is 12.0 Å². The summed E-state index contributed by atoms with van der Waals surface area (Å²) in [6, 6.07) is 6.90. The molecule has 0 saturated carbocycles. The molecule has 0 aliphatic heterocycles. The largest absolute Gasteiger partial charge is 0.480 e. The van der Waals surface area contributed by atoms with Crippen LogP contribution in [0.3, 0.4) is 0 Å². The first-order chi connectivity index (χ1) is 9.56. The highest BCUT2D eigenvalue weighted by molar-refractivity contribution is 5.92. The second-order valence-electron chi connectivity index (χ2n) is 3.93. The van der Waals surface area contributed by atoms with E-state index in [-0.39, 0.29) is 12.8 Å². The molecule has 20 heavy (non-hydrogen) atoms. The predicted octanol–water partition coefficient (Wildman–Crippen LogP) is 1.35. The number of nitrogens with zero attached hydrogens (tertiary/aromatic N) is 1. The molecule has 0 aliphatic carbocycles. The van der Waals surface area contributed by atoms with Crippen molar-refractivity contribution in [2.45, 2.75) is 18.9 Å². The van der Waals surface area contributed by atoms with Crippen molar-refractivity contribution in [3.05, 3.63) is 29.8 Å². The van der Waals surface area contributed by atoms with Crippen molar-refractivity contribution in [3.63, 3.8) is 0 Å². The molecule has 0 bridgehead atoms. The molecule has 2 amide bonds. The van der Waals surface area contributed by atoms with Crippen LogP contribution >= 0.6 is 0 Å². The summed E-state index contributed by atoms with van der Waals surface area (Å²) < 4.78 is 0. The average Bonchev–Trinajstić information content (AvgIpc) is 2.40. The first kappa shape index (κ1) is 15.1.